The van der Waals surface area contributed by atoms with Crippen LogP contribution in [0.1, 0.15) is 65.7 Å². The van der Waals surface area contributed by atoms with Crippen LogP contribution in [-0.2, 0) is 0 Å². The lowest BCUT2D eigenvalue weighted by molar-refractivity contribution is 0.705. The Morgan fingerprint density at radius 2 is 1.61 bits per heavy atom. The van der Waals surface area contributed by atoms with Crippen LogP contribution in [0.15, 0.2) is 83.5 Å². The molecule has 0 radical (unpaired) electrons. The number of rotatable bonds is 9. The predicted molar refractivity (Wildman–Crippen MR) is 134 cm³/mol. The molecule has 0 nitrogen and oxygen atoms in total. The number of hydrogen-bond acceptors (Lipinski definition) is 0. The Hall–Kier alpha value is -1.10. The predicted octanol–water partition coefficient (Wildman–Crippen LogP) is 9.69. The van der Waals surface area contributed by atoms with Gasteiger partial charge in [0.25, 0.3) is 0 Å². The van der Waals surface area contributed by atoms with Crippen molar-refractivity contribution in [3.05, 3.63) is 83.5 Å². The summed E-state index contributed by atoms with van der Waals surface area (Å²) in [6.07, 6.45) is 26.1. The summed E-state index contributed by atoms with van der Waals surface area (Å²) in [6, 6.07) is 12.0. The number of halogens is 1. The lowest BCUT2D eigenvalue weighted by Gasteiger charge is -2.22. The molecular formula is C26H40ClP. The van der Waals surface area contributed by atoms with E-state index in [1.54, 1.807) is 10.6 Å². The number of benzene rings is 1. The summed E-state index contributed by atoms with van der Waals surface area (Å²) in [5.74, 6) is 0. The normalized spacial score (nSPS) is 14.5. The highest BCUT2D eigenvalue weighted by Gasteiger charge is 2.15. The fraction of sp³-hybridized carbons (Fsp3) is 0.462. The van der Waals surface area contributed by atoms with Gasteiger partial charge in [0.1, 0.15) is 0 Å². The van der Waals surface area contributed by atoms with Crippen LogP contribution >= 0.6 is 19.5 Å². The van der Waals surface area contributed by atoms with E-state index >= 15 is 0 Å². The van der Waals surface area contributed by atoms with Gasteiger partial charge in [-0.3, -0.25) is 0 Å². The van der Waals surface area contributed by atoms with Gasteiger partial charge in [-0.05, 0) is 57.3 Å². The van der Waals surface area contributed by atoms with Crippen LogP contribution in [0.3, 0.4) is 0 Å². The Kier molecular flexibility index (Phi) is 19.8. The molecule has 0 fully saturated rings. The third kappa shape index (κ3) is 13.1. The zero-order chi connectivity index (χ0) is 20.9. The molecule has 28 heavy (non-hydrogen) atoms. The van der Waals surface area contributed by atoms with Crippen LogP contribution < -0.4 is 0 Å². The highest BCUT2D eigenvalue weighted by atomic mass is 35.5. The van der Waals surface area contributed by atoms with Gasteiger partial charge in [-0.25, -0.2) is 0 Å². The van der Waals surface area contributed by atoms with Gasteiger partial charge in [0.05, 0.1) is 0 Å². The molecule has 1 atom stereocenters. The zero-order valence-corrected chi connectivity index (χ0v) is 20.1. The molecule has 0 heterocycles. The van der Waals surface area contributed by atoms with Gasteiger partial charge in [-0.1, -0.05) is 106 Å². The molecule has 2 rings (SSSR count). The van der Waals surface area contributed by atoms with Gasteiger partial charge in [0.15, 0.2) is 0 Å². The zero-order valence-electron chi connectivity index (χ0n) is 18.4. The highest BCUT2D eigenvalue weighted by molar-refractivity contribution is 7.66. The quantitative estimate of drug-likeness (QED) is 0.162. The van der Waals surface area contributed by atoms with Gasteiger partial charge in [0, 0.05) is 6.38 Å². The summed E-state index contributed by atoms with van der Waals surface area (Å²) in [5, 5.41) is 3.17. The molecule has 156 valence electrons. The van der Waals surface area contributed by atoms with Crippen molar-refractivity contribution in [1.82, 2.24) is 0 Å². The molecule has 0 bridgehead atoms. The average Bonchev–Trinajstić information content (AvgIpc) is 2.79. The van der Waals surface area contributed by atoms with E-state index in [9.17, 15) is 0 Å². The molecule has 1 aromatic carbocycles. The Morgan fingerprint density at radius 3 is 2.07 bits per heavy atom. The van der Waals surface area contributed by atoms with Crippen molar-refractivity contribution < 1.29 is 0 Å². The number of unbranched alkanes of at least 4 members (excludes halogenated alkanes) is 3. The summed E-state index contributed by atoms with van der Waals surface area (Å²) in [6.45, 7) is 6.70. The lowest BCUT2D eigenvalue weighted by Crippen LogP contribution is -1.93. The van der Waals surface area contributed by atoms with Crippen LogP contribution in [0.4, 0.5) is 0 Å². The molecule has 1 aromatic rings. The molecule has 0 aromatic heterocycles. The molecule has 1 aliphatic carbocycles. The second-order valence-electron chi connectivity index (χ2n) is 6.50. The van der Waals surface area contributed by atoms with Gasteiger partial charge >= 0.3 is 0 Å². The Bertz CT molecular complexity index is 543. The summed E-state index contributed by atoms with van der Waals surface area (Å²) >= 11 is 4.64. The summed E-state index contributed by atoms with van der Waals surface area (Å²) < 4.78 is 0. The minimum atomic E-state index is -0.122. The van der Waals surface area contributed by atoms with Gasteiger partial charge in [0.2, 0.25) is 0 Å². The van der Waals surface area contributed by atoms with Crippen molar-refractivity contribution in [3.8, 4) is 0 Å². The molecule has 0 amide bonds. The first-order valence-electron chi connectivity index (χ1n) is 10.7. The molecule has 2 heteroatoms. The third-order valence-electron chi connectivity index (χ3n) is 4.32. The molecule has 0 spiro atoms. The smallest absolute Gasteiger partial charge is 0.0108 e. The third-order valence-corrected chi connectivity index (χ3v) is 7.07. The Balaban J connectivity index is 0.000000759. The maximum absolute atomic E-state index is 4.64. The maximum atomic E-state index is 4.64. The fourth-order valence-corrected chi connectivity index (χ4v) is 5.46. The Labute approximate surface area is 181 Å². The minimum Gasteiger partial charge on any atom is -0.130 e. The van der Waals surface area contributed by atoms with Crippen molar-refractivity contribution in [2.45, 2.75) is 65.7 Å². The molecule has 0 aliphatic heterocycles. The molecule has 0 saturated heterocycles. The van der Waals surface area contributed by atoms with Crippen molar-refractivity contribution >= 4 is 19.5 Å². The van der Waals surface area contributed by atoms with E-state index < -0.39 is 0 Å². The lowest BCUT2D eigenvalue weighted by atomic mass is 10.2. The van der Waals surface area contributed by atoms with E-state index in [0.29, 0.717) is 0 Å². The van der Waals surface area contributed by atoms with E-state index in [1.165, 1.54) is 51.1 Å². The number of allylic oxidation sites excluding steroid dienone is 8. The van der Waals surface area contributed by atoms with Crippen molar-refractivity contribution in [2.75, 3.05) is 12.5 Å². The second kappa shape index (κ2) is 20.6. The SMILES string of the molecule is C/C=C(\C=C/CC)P(CCCCCC)C1=CCCC=C1.CCl.c1ccccc1. The molecule has 1 unspecified atom stereocenters. The van der Waals surface area contributed by atoms with E-state index in [2.05, 4.69) is 68.8 Å². The van der Waals surface area contributed by atoms with Crippen molar-refractivity contribution in [1.29, 1.82) is 0 Å². The standard InChI is InChI=1S/C19H31P.C6H6.CH3Cl/c1-4-7-9-13-17-20(18(6-3)14-8-5-2)19-15-11-10-12-16-19;1-2-4-6-5-3-1;1-2/h6,8,11,14-16H,4-5,7,9-10,12-13,17H2,1-3H3;1-6H;1H3/b14-8-,18-6+;;. The van der Waals surface area contributed by atoms with Gasteiger partial charge in [-0.2, -0.15) is 0 Å². The van der Waals surface area contributed by atoms with Crippen molar-refractivity contribution in [2.24, 2.45) is 0 Å². The monoisotopic (exact) mass is 418 g/mol. The van der Waals surface area contributed by atoms with E-state index in [4.69, 9.17) is 0 Å². The summed E-state index contributed by atoms with van der Waals surface area (Å²) in [7, 11) is -0.122. The van der Waals surface area contributed by atoms with E-state index in [1.807, 2.05) is 36.4 Å². The number of alkyl halides is 1. The van der Waals surface area contributed by atoms with E-state index in [-0.39, 0.29) is 7.92 Å². The van der Waals surface area contributed by atoms with E-state index in [0.717, 1.165) is 6.42 Å². The largest absolute Gasteiger partial charge is 0.130 e. The molecule has 1 aliphatic rings. The highest BCUT2D eigenvalue weighted by Crippen LogP contribution is 2.55. The van der Waals surface area contributed by atoms with Crippen LogP contribution in [0.5, 0.6) is 0 Å². The van der Waals surface area contributed by atoms with Crippen molar-refractivity contribution in [3.63, 3.8) is 0 Å². The average molecular weight is 419 g/mol. The van der Waals surface area contributed by atoms with Crippen LogP contribution in [0.2, 0.25) is 0 Å². The topological polar surface area (TPSA) is 0 Å². The molecule has 0 saturated carbocycles. The minimum absolute atomic E-state index is 0.122. The summed E-state index contributed by atoms with van der Waals surface area (Å²) in [5.41, 5.74) is 0. The number of hydrogen-bond donors (Lipinski definition) is 0. The molecule has 0 N–H and O–H groups in total. The summed E-state index contributed by atoms with van der Waals surface area (Å²) in [4.78, 5) is 0. The van der Waals surface area contributed by atoms with Gasteiger partial charge in [-0.15, -0.1) is 11.6 Å². The second-order valence-corrected chi connectivity index (χ2v) is 8.84. The first-order chi connectivity index (χ1) is 13.8. The first kappa shape index (κ1) is 26.9. The fourth-order valence-electron chi connectivity index (χ4n) is 2.87. The Morgan fingerprint density at radius 1 is 0.964 bits per heavy atom. The maximum Gasteiger partial charge on any atom is 0.0108 e. The van der Waals surface area contributed by atoms with Crippen LogP contribution in [0, 0.1) is 0 Å². The molecular weight excluding hydrogens is 379 g/mol. The van der Waals surface area contributed by atoms with Crippen LogP contribution in [-0.4, -0.2) is 12.5 Å². The van der Waals surface area contributed by atoms with Crippen LogP contribution in [0.25, 0.3) is 0 Å². The first-order valence-corrected chi connectivity index (χ1v) is 13.0. The van der Waals surface area contributed by atoms with Gasteiger partial charge < -0.3 is 0 Å².